The Morgan fingerprint density at radius 3 is 0.765 bits per heavy atom. The largest absolute Gasteiger partial charge is 0.462 e. The second-order valence-electron chi connectivity index (χ2n) is 23.4. The summed E-state index contributed by atoms with van der Waals surface area (Å²) < 4.78 is 17.0. The Labute approximate surface area is 503 Å². The van der Waals surface area contributed by atoms with Crippen LogP contribution in [-0.2, 0) is 28.6 Å². The zero-order chi connectivity index (χ0) is 58.5. The number of rotatable bonds is 64. The molecule has 0 spiro atoms. The van der Waals surface area contributed by atoms with E-state index in [1.54, 1.807) is 0 Å². The minimum atomic E-state index is -0.787. The van der Waals surface area contributed by atoms with Crippen LogP contribution in [-0.4, -0.2) is 37.2 Å². The van der Waals surface area contributed by atoms with Crippen LogP contribution >= 0.6 is 0 Å². The maximum absolute atomic E-state index is 13.0. The zero-order valence-corrected chi connectivity index (χ0v) is 53.8. The molecule has 81 heavy (non-hydrogen) atoms. The highest BCUT2D eigenvalue weighted by Crippen LogP contribution is 2.18. The molecule has 0 saturated carbocycles. The van der Waals surface area contributed by atoms with Crippen LogP contribution < -0.4 is 0 Å². The molecule has 0 aromatic carbocycles. The van der Waals surface area contributed by atoms with Gasteiger partial charge in [0.25, 0.3) is 0 Å². The minimum Gasteiger partial charge on any atom is -0.462 e. The van der Waals surface area contributed by atoms with Crippen molar-refractivity contribution in [2.24, 2.45) is 0 Å². The van der Waals surface area contributed by atoms with Gasteiger partial charge in [-0.25, -0.2) is 0 Å². The number of esters is 3. The van der Waals surface area contributed by atoms with E-state index >= 15 is 0 Å². The summed E-state index contributed by atoms with van der Waals surface area (Å²) in [6.07, 6.45) is 91.7. The third kappa shape index (κ3) is 67.3. The Bertz CT molecular complexity index is 1530. The van der Waals surface area contributed by atoms with Gasteiger partial charge in [0.15, 0.2) is 6.10 Å². The van der Waals surface area contributed by atoms with Crippen molar-refractivity contribution in [3.8, 4) is 0 Å². The van der Waals surface area contributed by atoms with E-state index in [4.69, 9.17) is 14.2 Å². The summed E-state index contributed by atoms with van der Waals surface area (Å²) in [6.45, 7) is 6.56. The summed E-state index contributed by atoms with van der Waals surface area (Å²) >= 11 is 0. The first-order chi connectivity index (χ1) is 40.0. The Balaban J connectivity index is 4.35. The molecule has 0 aliphatic carbocycles. The van der Waals surface area contributed by atoms with Crippen LogP contribution in [0.1, 0.15) is 355 Å². The van der Waals surface area contributed by atoms with Gasteiger partial charge >= 0.3 is 17.9 Å². The highest BCUT2D eigenvalue weighted by atomic mass is 16.6. The van der Waals surface area contributed by atoms with Gasteiger partial charge in [-0.1, -0.05) is 324 Å². The van der Waals surface area contributed by atoms with E-state index in [0.29, 0.717) is 19.3 Å². The predicted molar refractivity (Wildman–Crippen MR) is 353 cm³/mol. The normalized spacial score (nSPS) is 12.6. The van der Waals surface area contributed by atoms with Gasteiger partial charge in [0.1, 0.15) is 13.2 Å². The van der Waals surface area contributed by atoms with E-state index in [9.17, 15) is 14.4 Å². The average molecular weight is 1130 g/mol. The number of carbonyl (C=O) groups excluding carboxylic acids is 3. The molecular weight excluding hydrogens is 997 g/mol. The van der Waals surface area contributed by atoms with E-state index in [0.717, 1.165) is 116 Å². The van der Waals surface area contributed by atoms with E-state index in [1.807, 2.05) is 0 Å². The molecule has 0 N–H and O–H groups in total. The highest BCUT2D eigenvalue weighted by Gasteiger charge is 2.19. The lowest BCUT2D eigenvalue weighted by Gasteiger charge is -2.18. The summed E-state index contributed by atoms with van der Waals surface area (Å²) in [5.41, 5.74) is 0. The van der Waals surface area contributed by atoms with E-state index in [-0.39, 0.29) is 31.1 Å². The Morgan fingerprint density at radius 1 is 0.259 bits per heavy atom. The second-order valence-corrected chi connectivity index (χ2v) is 23.4. The molecule has 1 atom stereocenters. The summed E-state index contributed by atoms with van der Waals surface area (Å²) in [5, 5.41) is 0. The number of hydrogen-bond donors (Lipinski definition) is 0. The lowest BCUT2D eigenvalue weighted by Crippen LogP contribution is -2.30. The van der Waals surface area contributed by atoms with Crippen LogP contribution in [0.5, 0.6) is 0 Å². The van der Waals surface area contributed by atoms with Crippen LogP contribution in [0.4, 0.5) is 0 Å². The number of hydrogen-bond acceptors (Lipinski definition) is 6. The molecule has 0 rings (SSSR count). The van der Waals surface area contributed by atoms with Crippen LogP contribution in [0.25, 0.3) is 0 Å². The quantitative estimate of drug-likeness (QED) is 0.0261. The molecule has 0 amide bonds. The van der Waals surface area contributed by atoms with Crippen molar-refractivity contribution >= 4 is 17.9 Å². The van der Waals surface area contributed by atoms with Crippen molar-refractivity contribution in [1.82, 2.24) is 0 Å². The van der Waals surface area contributed by atoms with Crippen LogP contribution in [0.15, 0.2) is 85.1 Å². The summed E-state index contributed by atoms with van der Waals surface area (Å²) in [4.78, 5) is 38.5. The summed E-state index contributed by atoms with van der Waals surface area (Å²) in [7, 11) is 0. The topological polar surface area (TPSA) is 78.9 Å². The molecule has 1 unspecified atom stereocenters. The fraction of sp³-hybridized carbons (Fsp3) is 0.773. The van der Waals surface area contributed by atoms with Crippen LogP contribution in [0.3, 0.4) is 0 Å². The first-order valence-corrected chi connectivity index (χ1v) is 35.1. The van der Waals surface area contributed by atoms with Gasteiger partial charge in [0, 0.05) is 19.3 Å². The minimum absolute atomic E-state index is 0.0824. The van der Waals surface area contributed by atoms with E-state index in [1.165, 1.54) is 199 Å². The van der Waals surface area contributed by atoms with Gasteiger partial charge in [-0.3, -0.25) is 14.4 Å². The molecule has 6 heteroatoms. The average Bonchev–Trinajstić information content (AvgIpc) is 3.47. The predicted octanol–water partition coefficient (Wildman–Crippen LogP) is 24.2. The fourth-order valence-corrected chi connectivity index (χ4v) is 10.2. The van der Waals surface area contributed by atoms with Gasteiger partial charge in [-0.05, 0) is 96.3 Å². The van der Waals surface area contributed by atoms with Gasteiger partial charge in [-0.2, -0.15) is 0 Å². The van der Waals surface area contributed by atoms with Gasteiger partial charge in [0.2, 0.25) is 0 Å². The van der Waals surface area contributed by atoms with Gasteiger partial charge in [-0.15, -0.1) is 0 Å². The van der Waals surface area contributed by atoms with Crippen LogP contribution in [0.2, 0.25) is 0 Å². The van der Waals surface area contributed by atoms with Crippen LogP contribution in [0, 0.1) is 0 Å². The SMILES string of the molecule is CC/C=C\C/C=C\C/C=C\C/C=C\C/C=C\C/C=C\CCCCCCCCC(=O)OCC(COC(=O)CCCCCCC/C=C\CCCCCCCC)OC(=O)CCCCCCCCCCCCCCCCCCCCCCCCC. The lowest BCUT2D eigenvalue weighted by atomic mass is 10.0. The number of carbonyl (C=O) groups is 3. The molecule has 0 heterocycles. The Kier molecular flexibility index (Phi) is 66.2. The summed E-state index contributed by atoms with van der Waals surface area (Å²) in [6, 6.07) is 0. The second kappa shape index (κ2) is 69.1. The number of allylic oxidation sites excluding steroid dienone is 14. The van der Waals surface area contributed by atoms with Crippen molar-refractivity contribution in [3.63, 3.8) is 0 Å². The molecule has 0 aliphatic rings. The molecule has 0 fully saturated rings. The van der Waals surface area contributed by atoms with Crippen molar-refractivity contribution < 1.29 is 28.6 Å². The smallest absolute Gasteiger partial charge is 0.306 e. The third-order valence-corrected chi connectivity index (χ3v) is 15.4. The molecule has 0 aromatic rings. The zero-order valence-electron chi connectivity index (χ0n) is 53.8. The fourth-order valence-electron chi connectivity index (χ4n) is 10.2. The Morgan fingerprint density at radius 2 is 0.481 bits per heavy atom. The summed E-state index contributed by atoms with van der Waals surface area (Å²) in [5.74, 6) is -0.885. The number of unbranched alkanes of at least 4 members (excludes halogenated alkanes) is 39. The molecule has 0 aromatic heterocycles. The molecule has 0 bridgehead atoms. The number of ether oxygens (including phenoxy) is 3. The highest BCUT2D eigenvalue weighted by molar-refractivity contribution is 5.71. The Hall–Kier alpha value is -3.41. The van der Waals surface area contributed by atoms with Crippen molar-refractivity contribution in [3.05, 3.63) is 85.1 Å². The molecule has 0 saturated heterocycles. The van der Waals surface area contributed by atoms with E-state index < -0.39 is 6.10 Å². The van der Waals surface area contributed by atoms with E-state index in [2.05, 4.69) is 106 Å². The molecular formula is C75H132O6. The monoisotopic (exact) mass is 1130 g/mol. The first kappa shape index (κ1) is 77.6. The van der Waals surface area contributed by atoms with Gasteiger partial charge in [0.05, 0.1) is 0 Å². The molecule has 0 aliphatic heterocycles. The molecule has 468 valence electrons. The van der Waals surface area contributed by atoms with Crippen molar-refractivity contribution in [1.29, 1.82) is 0 Å². The third-order valence-electron chi connectivity index (χ3n) is 15.4. The molecule has 6 nitrogen and oxygen atoms in total. The van der Waals surface area contributed by atoms with Gasteiger partial charge < -0.3 is 14.2 Å². The van der Waals surface area contributed by atoms with Crippen molar-refractivity contribution in [2.75, 3.05) is 13.2 Å². The first-order valence-electron chi connectivity index (χ1n) is 35.1. The maximum atomic E-state index is 13.0. The molecule has 0 radical (unpaired) electrons. The van der Waals surface area contributed by atoms with Crippen molar-refractivity contribution in [2.45, 2.75) is 361 Å². The maximum Gasteiger partial charge on any atom is 0.306 e. The standard InChI is InChI=1S/C75H132O6/c1-4-7-10-13-16-19-22-25-28-30-32-34-36-37-39-40-42-44-47-50-53-56-59-62-65-68-74(77)80-71-72(70-79-73(76)67-64-61-58-55-52-49-46-27-24-21-18-15-12-9-6-3)81-75(78)69-66-63-60-57-54-51-48-45-43-41-38-35-33-31-29-26-23-20-17-14-11-8-5-2/h7,10,16,19,25,27-28,32,34,37,39,42,44,46,72H,4-6,8-9,11-15,17-18,20-24,26,29-31,33,35-36,38,40-41,43,45,47-71H2,1-3H3/b10-7-,19-16-,28-25-,34-32-,39-37-,44-42-,46-27-. The lowest BCUT2D eigenvalue weighted by molar-refractivity contribution is -0.167.